The molecule has 1 amide bonds. The number of aromatic nitrogens is 2. The summed E-state index contributed by atoms with van der Waals surface area (Å²) < 4.78 is 0. The van der Waals surface area contributed by atoms with Crippen molar-refractivity contribution in [3.63, 3.8) is 0 Å². The van der Waals surface area contributed by atoms with Gasteiger partial charge >= 0.3 is 0 Å². The van der Waals surface area contributed by atoms with Crippen molar-refractivity contribution in [2.75, 3.05) is 0 Å². The number of hydrogen-bond donors (Lipinski definition) is 1. The minimum Gasteiger partial charge on any atom is -0.350 e. The largest absolute Gasteiger partial charge is 0.350 e. The zero-order chi connectivity index (χ0) is 17.5. The van der Waals surface area contributed by atoms with Crippen molar-refractivity contribution in [1.82, 2.24) is 15.3 Å². The maximum Gasteiger partial charge on any atom is 0.223 e. The number of carbonyl (C=O) groups excluding carboxylic acids is 1. The van der Waals surface area contributed by atoms with Crippen LogP contribution in [0.1, 0.15) is 71.7 Å². The van der Waals surface area contributed by atoms with Crippen LogP contribution < -0.4 is 5.32 Å². The number of unbranched alkanes of at least 4 members (excludes halogenated alkanes) is 1. The van der Waals surface area contributed by atoms with E-state index in [1.165, 1.54) is 12.8 Å². The number of nitrogens with zero attached hydrogens (tertiary/aromatic N) is 2. The smallest absolute Gasteiger partial charge is 0.223 e. The quantitative estimate of drug-likeness (QED) is 0.728. The monoisotopic (exact) mass is 319 g/mol. The third-order valence-corrected chi connectivity index (χ3v) is 4.11. The summed E-state index contributed by atoms with van der Waals surface area (Å²) in [6, 6.07) is 0. The Morgan fingerprint density at radius 2 is 1.87 bits per heavy atom. The van der Waals surface area contributed by atoms with E-state index in [-0.39, 0.29) is 11.8 Å². The molecule has 0 saturated carbocycles. The van der Waals surface area contributed by atoms with Crippen LogP contribution in [0.15, 0.2) is 12.4 Å². The molecule has 1 heterocycles. The Bertz CT molecular complexity index is 474. The lowest BCUT2D eigenvalue weighted by Gasteiger charge is -2.22. The Hall–Kier alpha value is -1.45. The summed E-state index contributed by atoms with van der Waals surface area (Å²) in [5.74, 6) is 0.570. The number of aryl methyl sites for hydroxylation is 1. The molecule has 0 radical (unpaired) electrons. The molecule has 1 aromatic heterocycles. The van der Waals surface area contributed by atoms with Gasteiger partial charge in [0.05, 0.1) is 24.1 Å². The van der Waals surface area contributed by atoms with Gasteiger partial charge in [0.25, 0.3) is 0 Å². The zero-order valence-corrected chi connectivity index (χ0v) is 15.6. The van der Waals surface area contributed by atoms with E-state index < -0.39 is 0 Å². The molecule has 0 bridgehead atoms. The predicted molar refractivity (Wildman–Crippen MR) is 94.9 cm³/mol. The van der Waals surface area contributed by atoms with Crippen LogP contribution in [0.2, 0.25) is 0 Å². The fourth-order valence-electron chi connectivity index (χ4n) is 2.61. The molecule has 0 aliphatic rings. The van der Waals surface area contributed by atoms with Gasteiger partial charge < -0.3 is 5.32 Å². The molecule has 0 saturated heterocycles. The second kappa shape index (κ2) is 8.99. The van der Waals surface area contributed by atoms with Crippen LogP contribution in [-0.4, -0.2) is 15.9 Å². The van der Waals surface area contributed by atoms with Crippen molar-refractivity contribution in [3.8, 4) is 0 Å². The van der Waals surface area contributed by atoms with Crippen molar-refractivity contribution in [2.24, 2.45) is 17.3 Å². The van der Waals surface area contributed by atoms with E-state index in [9.17, 15) is 4.79 Å². The third-order valence-electron chi connectivity index (χ3n) is 4.11. The fraction of sp³-hybridized carbons (Fsp3) is 0.737. The first-order valence-electron chi connectivity index (χ1n) is 8.74. The third kappa shape index (κ3) is 8.10. The van der Waals surface area contributed by atoms with Gasteiger partial charge in [-0.3, -0.25) is 14.8 Å². The highest BCUT2D eigenvalue weighted by Gasteiger charge is 2.22. The first-order chi connectivity index (χ1) is 10.7. The van der Waals surface area contributed by atoms with Gasteiger partial charge in [0.1, 0.15) is 0 Å². The Balaban J connectivity index is 2.43. The summed E-state index contributed by atoms with van der Waals surface area (Å²) in [7, 11) is 0. The molecule has 0 aliphatic carbocycles. The van der Waals surface area contributed by atoms with Crippen molar-refractivity contribution >= 4 is 5.91 Å². The van der Waals surface area contributed by atoms with E-state index in [1.807, 2.05) is 6.92 Å². The second-order valence-electron chi connectivity index (χ2n) is 8.02. The molecule has 4 heteroatoms. The number of amides is 1. The summed E-state index contributed by atoms with van der Waals surface area (Å²) in [4.78, 5) is 20.9. The number of nitrogens with one attached hydrogen (secondary N) is 1. The van der Waals surface area contributed by atoms with E-state index in [0.29, 0.717) is 17.9 Å². The molecule has 1 aromatic rings. The molecular formula is C19H33N3O. The first-order valence-corrected chi connectivity index (χ1v) is 8.74. The predicted octanol–water partition coefficient (Wildman–Crippen LogP) is 4.28. The summed E-state index contributed by atoms with van der Waals surface area (Å²) in [5, 5.41) is 3.02. The molecular weight excluding hydrogens is 286 g/mol. The van der Waals surface area contributed by atoms with Gasteiger partial charge in [-0.1, -0.05) is 47.5 Å². The van der Waals surface area contributed by atoms with Gasteiger partial charge in [-0.25, -0.2) is 0 Å². The molecule has 1 unspecified atom stereocenters. The van der Waals surface area contributed by atoms with Crippen molar-refractivity contribution in [3.05, 3.63) is 23.8 Å². The minimum atomic E-state index is 0.0772. The van der Waals surface area contributed by atoms with E-state index >= 15 is 0 Å². The lowest BCUT2D eigenvalue weighted by atomic mass is 9.86. The van der Waals surface area contributed by atoms with Crippen LogP contribution in [0.4, 0.5) is 0 Å². The van der Waals surface area contributed by atoms with Gasteiger partial charge in [0, 0.05) is 12.1 Å². The molecule has 130 valence electrons. The molecule has 4 nitrogen and oxygen atoms in total. The van der Waals surface area contributed by atoms with E-state index in [1.54, 1.807) is 12.4 Å². The van der Waals surface area contributed by atoms with Crippen LogP contribution in [-0.2, 0) is 11.3 Å². The molecule has 0 fully saturated rings. The van der Waals surface area contributed by atoms with Gasteiger partial charge in [-0.2, -0.15) is 0 Å². The summed E-state index contributed by atoms with van der Waals surface area (Å²) in [6.07, 6.45) is 7.91. The molecule has 0 aliphatic heterocycles. The van der Waals surface area contributed by atoms with Crippen LogP contribution in [0, 0.1) is 24.2 Å². The first kappa shape index (κ1) is 19.6. The Labute approximate surface area is 141 Å². The van der Waals surface area contributed by atoms with Crippen molar-refractivity contribution in [2.45, 2.75) is 73.8 Å². The van der Waals surface area contributed by atoms with Crippen LogP contribution in [0.25, 0.3) is 0 Å². The fourth-order valence-corrected chi connectivity index (χ4v) is 2.61. The summed E-state index contributed by atoms with van der Waals surface area (Å²) in [5.41, 5.74) is 2.07. The SMILES string of the molecule is Cc1cnc(CNC(=O)C(CCCCC(C)(C)C)C(C)C)cn1. The molecule has 0 aromatic carbocycles. The van der Waals surface area contributed by atoms with Crippen LogP contribution in [0.5, 0.6) is 0 Å². The number of rotatable bonds is 8. The lowest BCUT2D eigenvalue weighted by Crippen LogP contribution is -2.33. The number of carbonyl (C=O) groups is 1. The van der Waals surface area contributed by atoms with E-state index in [4.69, 9.17) is 0 Å². The minimum absolute atomic E-state index is 0.0772. The molecule has 23 heavy (non-hydrogen) atoms. The molecule has 0 spiro atoms. The summed E-state index contributed by atoms with van der Waals surface area (Å²) >= 11 is 0. The van der Waals surface area contributed by atoms with Gasteiger partial charge in [-0.15, -0.1) is 0 Å². The van der Waals surface area contributed by atoms with Crippen molar-refractivity contribution < 1.29 is 4.79 Å². The maximum atomic E-state index is 12.5. The molecule has 1 atom stereocenters. The van der Waals surface area contributed by atoms with Crippen molar-refractivity contribution in [1.29, 1.82) is 0 Å². The van der Waals surface area contributed by atoms with Gasteiger partial charge in [0.2, 0.25) is 5.91 Å². The topological polar surface area (TPSA) is 54.9 Å². The zero-order valence-electron chi connectivity index (χ0n) is 15.6. The van der Waals surface area contributed by atoms with Gasteiger partial charge in [-0.05, 0) is 31.1 Å². The Morgan fingerprint density at radius 1 is 1.17 bits per heavy atom. The Morgan fingerprint density at radius 3 is 2.39 bits per heavy atom. The molecule has 1 rings (SSSR count). The van der Waals surface area contributed by atoms with Crippen LogP contribution in [0.3, 0.4) is 0 Å². The standard InChI is InChI=1S/C19H33N3O/c1-14(2)17(9-7-8-10-19(4,5)6)18(23)22-13-16-12-20-15(3)11-21-16/h11-12,14,17H,7-10,13H2,1-6H3,(H,22,23). The van der Waals surface area contributed by atoms with Gasteiger partial charge in [0.15, 0.2) is 0 Å². The normalized spacial score (nSPS) is 13.2. The second-order valence-corrected chi connectivity index (χ2v) is 8.02. The maximum absolute atomic E-state index is 12.5. The lowest BCUT2D eigenvalue weighted by molar-refractivity contribution is -0.126. The van der Waals surface area contributed by atoms with E-state index in [0.717, 1.165) is 24.2 Å². The van der Waals surface area contributed by atoms with E-state index in [2.05, 4.69) is 49.9 Å². The highest BCUT2D eigenvalue weighted by atomic mass is 16.1. The molecule has 1 N–H and O–H groups in total. The number of hydrogen-bond acceptors (Lipinski definition) is 3. The van der Waals surface area contributed by atoms with Crippen LogP contribution >= 0.6 is 0 Å². The highest BCUT2D eigenvalue weighted by molar-refractivity contribution is 5.78. The highest BCUT2D eigenvalue weighted by Crippen LogP contribution is 2.25. The average Bonchev–Trinajstić information content (AvgIpc) is 2.44. The summed E-state index contributed by atoms with van der Waals surface area (Å²) in [6.45, 7) is 13.4. The average molecular weight is 319 g/mol. The Kier molecular flexibility index (Phi) is 7.66.